The first kappa shape index (κ1) is 17.7. The van der Waals surface area contributed by atoms with Crippen LogP contribution in [0.25, 0.3) is 0 Å². The van der Waals surface area contributed by atoms with Gasteiger partial charge in [0.05, 0.1) is 14.2 Å². The predicted octanol–water partition coefficient (Wildman–Crippen LogP) is 2.88. The fourth-order valence-electron chi connectivity index (χ4n) is 2.42. The lowest BCUT2D eigenvalue weighted by Gasteiger charge is -2.13. The number of benzene rings is 2. The highest BCUT2D eigenvalue weighted by atomic mass is 16.5. The van der Waals surface area contributed by atoms with Crippen LogP contribution in [0, 0.1) is 6.92 Å². The van der Waals surface area contributed by atoms with E-state index in [2.05, 4.69) is 28.6 Å². The van der Waals surface area contributed by atoms with E-state index >= 15 is 0 Å². The maximum atomic E-state index is 5.31. The average Bonchev–Trinajstić information content (AvgIpc) is 2.61. The van der Waals surface area contributed by atoms with Gasteiger partial charge in [0.25, 0.3) is 0 Å². The van der Waals surface area contributed by atoms with E-state index in [0.717, 1.165) is 28.6 Å². The zero-order valence-electron chi connectivity index (χ0n) is 14.7. The number of hydrogen-bond acceptors (Lipinski definition) is 3. The Hall–Kier alpha value is -2.69. The standard InChI is InChI=1S/C19H25N3O2/c1-14-8-16(11-18(9-14)24-4)13-22-19(20-2)21-12-15-6-5-7-17(10-15)23-3/h5-11H,12-13H2,1-4H3,(H2,20,21,22). The molecule has 0 aliphatic rings. The van der Waals surface area contributed by atoms with Crippen molar-refractivity contribution in [2.45, 2.75) is 20.0 Å². The molecule has 24 heavy (non-hydrogen) atoms. The van der Waals surface area contributed by atoms with Crippen molar-refractivity contribution in [1.29, 1.82) is 0 Å². The molecule has 0 bridgehead atoms. The maximum absolute atomic E-state index is 5.31. The van der Waals surface area contributed by atoms with Gasteiger partial charge >= 0.3 is 0 Å². The molecule has 2 N–H and O–H groups in total. The van der Waals surface area contributed by atoms with Crippen LogP contribution in [0.1, 0.15) is 16.7 Å². The Bertz CT molecular complexity index is 699. The van der Waals surface area contributed by atoms with Crippen molar-refractivity contribution in [2.24, 2.45) is 4.99 Å². The second-order valence-corrected chi connectivity index (χ2v) is 5.49. The summed E-state index contributed by atoms with van der Waals surface area (Å²) >= 11 is 0. The second-order valence-electron chi connectivity index (χ2n) is 5.49. The van der Waals surface area contributed by atoms with Crippen LogP contribution in [0.4, 0.5) is 0 Å². The van der Waals surface area contributed by atoms with Gasteiger partial charge in [0.1, 0.15) is 11.5 Å². The van der Waals surface area contributed by atoms with Gasteiger partial charge in [0.2, 0.25) is 0 Å². The zero-order valence-corrected chi connectivity index (χ0v) is 14.7. The van der Waals surface area contributed by atoms with Crippen molar-refractivity contribution in [1.82, 2.24) is 10.6 Å². The Morgan fingerprint density at radius 1 is 0.917 bits per heavy atom. The Morgan fingerprint density at radius 2 is 1.58 bits per heavy atom. The Kier molecular flexibility index (Phi) is 6.49. The molecule has 0 radical (unpaired) electrons. The van der Waals surface area contributed by atoms with Crippen molar-refractivity contribution in [3.8, 4) is 11.5 Å². The van der Waals surface area contributed by atoms with E-state index in [1.54, 1.807) is 21.3 Å². The molecule has 5 heteroatoms. The first-order valence-corrected chi connectivity index (χ1v) is 7.86. The highest BCUT2D eigenvalue weighted by molar-refractivity contribution is 5.79. The molecule has 0 aromatic heterocycles. The summed E-state index contributed by atoms with van der Waals surface area (Å²) in [7, 11) is 5.11. The van der Waals surface area contributed by atoms with E-state index in [1.807, 2.05) is 36.4 Å². The van der Waals surface area contributed by atoms with E-state index in [9.17, 15) is 0 Å². The third kappa shape index (κ3) is 5.19. The molecule has 0 aliphatic carbocycles. The maximum Gasteiger partial charge on any atom is 0.191 e. The molecule has 0 aliphatic heterocycles. The van der Waals surface area contributed by atoms with Crippen LogP contribution in [-0.4, -0.2) is 27.2 Å². The van der Waals surface area contributed by atoms with Crippen molar-refractivity contribution < 1.29 is 9.47 Å². The van der Waals surface area contributed by atoms with Crippen molar-refractivity contribution in [3.63, 3.8) is 0 Å². The fourth-order valence-corrected chi connectivity index (χ4v) is 2.42. The first-order valence-electron chi connectivity index (χ1n) is 7.86. The molecule has 2 aromatic rings. The van der Waals surface area contributed by atoms with Gasteiger partial charge in [-0.25, -0.2) is 0 Å². The molecule has 0 heterocycles. The third-order valence-corrected chi connectivity index (χ3v) is 3.62. The number of nitrogens with zero attached hydrogens (tertiary/aromatic N) is 1. The summed E-state index contributed by atoms with van der Waals surface area (Å²) in [6.07, 6.45) is 0. The summed E-state index contributed by atoms with van der Waals surface area (Å²) in [6.45, 7) is 3.41. The quantitative estimate of drug-likeness (QED) is 0.633. The van der Waals surface area contributed by atoms with Gasteiger partial charge < -0.3 is 20.1 Å². The normalized spacial score (nSPS) is 11.1. The fraction of sp³-hybridized carbons (Fsp3) is 0.316. The predicted molar refractivity (Wildman–Crippen MR) is 97.8 cm³/mol. The number of aliphatic imine (C=N–C) groups is 1. The number of methoxy groups -OCH3 is 2. The van der Waals surface area contributed by atoms with Crippen LogP contribution >= 0.6 is 0 Å². The van der Waals surface area contributed by atoms with Crippen molar-refractivity contribution >= 4 is 5.96 Å². The minimum Gasteiger partial charge on any atom is -0.497 e. The molecule has 128 valence electrons. The zero-order chi connectivity index (χ0) is 17.4. The minimum absolute atomic E-state index is 0.675. The van der Waals surface area contributed by atoms with Crippen LogP contribution in [0.5, 0.6) is 11.5 Å². The summed E-state index contributed by atoms with van der Waals surface area (Å²) < 4.78 is 10.6. The lowest BCUT2D eigenvalue weighted by atomic mass is 10.1. The van der Waals surface area contributed by atoms with E-state index in [-0.39, 0.29) is 0 Å². The molecule has 0 unspecified atom stereocenters. The summed E-state index contributed by atoms with van der Waals surface area (Å²) in [5, 5.41) is 6.62. The molecule has 2 rings (SSSR count). The number of hydrogen-bond donors (Lipinski definition) is 2. The molecule has 2 aromatic carbocycles. The molecule has 5 nitrogen and oxygen atoms in total. The summed E-state index contributed by atoms with van der Waals surface area (Å²) in [5.74, 6) is 2.47. The van der Waals surface area contributed by atoms with Gasteiger partial charge in [-0.15, -0.1) is 0 Å². The Morgan fingerprint density at radius 3 is 2.25 bits per heavy atom. The first-order chi connectivity index (χ1) is 11.6. The van der Waals surface area contributed by atoms with E-state index < -0.39 is 0 Å². The van der Waals surface area contributed by atoms with E-state index in [0.29, 0.717) is 13.1 Å². The van der Waals surface area contributed by atoms with Crippen LogP contribution in [-0.2, 0) is 13.1 Å². The smallest absolute Gasteiger partial charge is 0.191 e. The lowest BCUT2D eigenvalue weighted by Crippen LogP contribution is -2.36. The number of nitrogens with one attached hydrogen (secondary N) is 2. The minimum atomic E-state index is 0.675. The van der Waals surface area contributed by atoms with Crippen LogP contribution in [0.2, 0.25) is 0 Å². The molecule has 0 atom stereocenters. The lowest BCUT2D eigenvalue weighted by molar-refractivity contribution is 0.414. The molecular weight excluding hydrogens is 302 g/mol. The number of aryl methyl sites for hydroxylation is 1. The van der Waals surface area contributed by atoms with Crippen molar-refractivity contribution in [3.05, 3.63) is 59.2 Å². The van der Waals surface area contributed by atoms with Crippen LogP contribution < -0.4 is 20.1 Å². The van der Waals surface area contributed by atoms with Crippen LogP contribution in [0.3, 0.4) is 0 Å². The topological polar surface area (TPSA) is 54.9 Å². The van der Waals surface area contributed by atoms with Gasteiger partial charge in [0.15, 0.2) is 5.96 Å². The van der Waals surface area contributed by atoms with Gasteiger partial charge in [-0.1, -0.05) is 18.2 Å². The summed E-state index contributed by atoms with van der Waals surface area (Å²) in [6, 6.07) is 14.1. The Labute approximate surface area is 143 Å². The summed E-state index contributed by atoms with van der Waals surface area (Å²) in [5.41, 5.74) is 3.45. The number of ether oxygens (including phenoxy) is 2. The SMILES string of the molecule is CN=C(NCc1cccc(OC)c1)NCc1cc(C)cc(OC)c1. The molecule has 0 fully saturated rings. The molecule has 0 saturated carbocycles. The largest absolute Gasteiger partial charge is 0.497 e. The number of rotatable bonds is 6. The highest BCUT2D eigenvalue weighted by Gasteiger charge is 2.02. The average molecular weight is 327 g/mol. The van der Waals surface area contributed by atoms with Gasteiger partial charge in [-0.2, -0.15) is 0 Å². The summed E-state index contributed by atoms with van der Waals surface area (Å²) in [4.78, 5) is 4.26. The molecule has 0 amide bonds. The highest BCUT2D eigenvalue weighted by Crippen LogP contribution is 2.16. The number of guanidine groups is 1. The Balaban J connectivity index is 1.91. The third-order valence-electron chi connectivity index (χ3n) is 3.62. The molecular formula is C19H25N3O2. The van der Waals surface area contributed by atoms with Gasteiger partial charge in [0, 0.05) is 20.1 Å². The van der Waals surface area contributed by atoms with E-state index in [4.69, 9.17) is 9.47 Å². The second kappa shape index (κ2) is 8.82. The molecule has 0 saturated heterocycles. The van der Waals surface area contributed by atoms with Gasteiger partial charge in [-0.05, 0) is 47.9 Å². The van der Waals surface area contributed by atoms with Crippen molar-refractivity contribution in [2.75, 3.05) is 21.3 Å². The monoisotopic (exact) mass is 327 g/mol. The van der Waals surface area contributed by atoms with Gasteiger partial charge in [-0.3, -0.25) is 4.99 Å². The van der Waals surface area contributed by atoms with Crippen LogP contribution in [0.15, 0.2) is 47.5 Å². The van der Waals surface area contributed by atoms with E-state index in [1.165, 1.54) is 5.56 Å². The molecule has 0 spiro atoms.